The first kappa shape index (κ1) is 16.4. The van der Waals surface area contributed by atoms with E-state index in [1.807, 2.05) is 0 Å². The Kier molecular flexibility index (Phi) is 5.85. The number of carbonyl (C=O) groups excluding carboxylic acids is 2. The van der Waals surface area contributed by atoms with Gasteiger partial charge in [-0.2, -0.15) is 0 Å². The molecule has 1 heterocycles. The summed E-state index contributed by atoms with van der Waals surface area (Å²) < 4.78 is 0. The molecule has 116 valence electrons. The van der Waals surface area contributed by atoms with Crippen LogP contribution in [0, 0.1) is 0 Å². The summed E-state index contributed by atoms with van der Waals surface area (Å²) in [4.78, 5) is 23.6. The zero-order valence-corrected chi connectivity index (χ0v) is 13.5. The molecule has 3 amide bonds. The Morgan fingerprint density at radius 2 is 2.14 bits per heavy atom. The van der Waals surface area contributed by atoms with Crippen molar-refractivity contribution < 1.29 is 9.59 Å². The van der Waals surface area contributed by atoms with Crippen molar-refractivity contribution in [2.24, 2.45) is 0 Å². The maximum atomic E-state index is 11.9. The number of carbonyl (C=O) groups is 2. The summed E-state index contributed by atoms with van der Waals surface area (Å²) in [6, 6.07) is 5.70. The normalized spacial score (nSPS) is 10.3. The third-order valence-corrected chi connectivity index (χ3v) is 3.88. The smallest absolute Gasteiger partial charge is 0.282 e. The molecule has 2 aromatic rings. The maximum Gasteiger partial charge on any atom is 0.328 e. The molecule has 0 bridgehead atoms. The molecular formula is C14H15ClN4O2S. The molecular weight excluding hydrogens is 324 g/mol. The van der Waals surface area contributed by atoms with Gasteiger partial charge >= 0.3 is 6.03 Å². The lowest BCUT2D eigenvalue weighted by molar-refractivity contribution is 0.0967. The van der Waals surface area contributed by atoms with E-state index in [0.29, 0.717) is 15.7 Å². The van der Waals surface area contributed by atoms with Crippen LogP contribution in [0.5, 0.6) is 0 Å². The lowest BCUT2D eigenvalue weighted by atomic mass is 10.2. The van der Waals surface area contributed by atoms with Crippen LogP contribution in [-0.4, -0.2) is 22.1 Å². The third-order valence-electron chi connectivity index (χ3n) is 2.75. The first-order chi connectivity index (χ1) is 10.6. The zero-order chi connectivity index (χ0) is 15.9. The second-order valence-corrected chi connectivity index (χ2v) is 6.02. The predicted octanol–water partition coefficient (Wildman–Crippen LogP) is 3.50. The van der Waals surface area contributed by atoms with E-state index in [2.05, 4.69) is 27.8 Å². The molecule has 1 aromatic carbocycles. The van der Waals surface area contributed by atoms with Crippen LogP contribution in [0.25, 0.3) is 0 Å². The van der Waals surface area contributed by atoms with E-state index in [0.717, 1.165) is 24.3 Å². The van der Waals surface area contributed by atoms with Crippen molar-refractivity contribution >= 4 is 40.0 Å². The number of anilines is 1. The lowest BCUT2D eigenvalue weighted by Crippen LogP contribution is -2.34. The standard InChI is InChI=1S/C14H15ClN4O2S/c1-2-3-7-11-18-19-14(22-11)17-13(21)16-12(20)9-5-4-6-10(15)8-9/h4-6,8H,2-3,7H2,1H3,(H2,16,17,19,20,21). The van der Waals surface area contributed by atoms with E-state index in [-0.39, 0.29) is 0 Å². The van der Waals surface area contributed by atoms with Gasteiger partial charge in [0.05, 0.1) is 0 Å². The van der Waals surface area contributed by atoms with Crippen LogP contribution < -0.4 is 10.6 Å². The zero-order valence-electron chi connectivity index (χ0n) is 11.9. The molecule has 0 radical (unpaired) electrons. The Labute approximate surface area is 136 Å². The largest absolute Gasteiger partial charge is 0.328 e. The van der Waals surface area contributed by atoms with Crippen LogP contribution in [0.4, 0.5) is 9.93 Å². The molecule has 0 saturated heterocycles. The second kappa shape index (κ2) is 7.86. The van der Waals surface area contributed by atoms with Gasteiger partial charge in [0, 0.05) is 17.0 Å². The van der Waals surface area contributed by atoms with Crippen LogP contribution in [0.2, 0.25) is 5.02 Å². The van der Waals surface area contributed by atoms with Crippen molar-refractivity contribution in [1.82, 2.24) is 15.5 Å². The van der Waals surface area contributed by atoms with Gasteiger partial charge in [-0.3, -0.25) is 15.4 Å². The van der Waals surface area contributed by atoms with Gasteiger partial charge in [-0.15, -0.1) is 10.2 Å². The van der Waals surface area contributed by atoms with Gasteiger partial charge in [0.1, 0.15) is 5.01 Å². The lowest BCUT2D eigenvalue weighted by Gasteiger charge is -2.04. The fraction of sp³-hybridized carbons (Fsp3) is 0.286. The maximum absolute atomic E-state index is 11.9. The average Bonchev–Trinajstić information content (AvgIpc) is 2.92. The van der Waals surface area contributed by atoms with Gasteiger partial charge in [-0.25, -0.2) is 4.79 Å². The third kappa shape index (κ3) is 4.78. The first-order valence-corrected chi connectivity index (χ1v) is 7.98. The summed E-state index contributed by atoms with van der Waals surface area (Å²) in [5.41, 5.74) is 0.309. The molecule has 6 nitrogen and oxygen atoms in total. The monoisotopic (exact) mass is 338 g/mol. The molecule has 0 fully saturated rings. The van der Waals surface area contributed by atoms with Crippen molar-refractivity contribution in [3.05, 3.63) is 39.9 Å². The summed E-state index contributed by atoms with van der Waals surface area (Å²) >= 11 is 7.10. The van der Waals surface area contributed by atoms with Gasteiger partial charge in [-0.1, -0.05) is 42.3 Å². The molecule has 2 rings (SSSR count). The molecule has 0 aliphatic carbocycles. The van der Waals surface area contributed by atoms with Crippen LogP contribution in [-0.2, 0) is 6.42 Å². The number of urea groups is 1. The number of amides is 3. The number of aromatic nitrogens is 2. The summed E-state index contributed by atoms with van der Waals surface area (Å²) in [7, 11) is 0. The highest BCUT2D eigenvalue weighted by Gasteiger charge is 2.12. The van der Waals surface area contributed by atoms with E-state index in [1.165, 1.54) is 17.4 Å². The highest BCUT2D eigenvalue weighted by molar-refractivity contribution is 7.15. The summed E-state index contributed by atoms with van der Waals surface area (Å²) in [6.07, 6.45) is 2.92. The van der Waals surface area contributed by atoms with Crippen LogP contribution in [0.3, 0.4) is 0 Å². The van der Waals surface area contributed by atoms with Gasteiger partial charge in [0.2, 0.25) is 5.13 Å². The van der Waals surface area contributed by atoms with Gasteiger partial charge in [-0.05, 0) is 24.6 Å². The number of unbranched alkanes of at least 4 members (excludes halogenated alkanes) is 1. The second-order valence-electron chi connectivity index (χ2n) is 4.52. The molecule has 0 spiro atoms. The van der Waals surface area contributed by atoms with Gasteiger partial charge < -0.3 is 0 Å². The fourth-order valence-electron chi connectivity index (χ4n) is 1.67. The minimum Gasteiger partial charge on any atom is -0.282 e. The highest BCUT2D eigenvalue weighted by Crippen LogP contribution is 2.17. The number of hydrogen-bond donors (Lipinski definition) is 2. The summed E-state index contributed by atoms with van der Waals surface area (Å²) in [6.45, 7) is 2.09. The summed E-state index contributed by atoms with van der Waals surface area (Å²) in [5, 5.41) is 14.2. The number of halogens is 1. The molecule has 0 saturated carbocycles. The van der Waals surface area contributed by atoms with Gasteiger partial charge in [0.15, 0.2) is 0 Å². The SMILES string of the molecule is CCCCc1nnc(NC(=O)NC(=O)c2cccc(Cl)c2)s1. The number of aryl methyl sites for hydroxylation is 1. The molecule has 0 aliphatic rings. The Morgan fingerprint density at radius 1 is 1.32 bits per heavy atom. The minimum absolute atomic E-state index is 0.309. The van der Waals surface area contributed by atoms with Crippen molar-refractivity contribution in [2.75, 3.05) is 5.32 Å². The summed E-state index contributed by atoms with van der Waals surface area (Å²) in [5.74, 6) is -0.532. The minimum atomic E-state index is -0.650. The van der Waals surface area contributed by atoms with Crippen molar-refractivity contribution in [1.29, 1.82) is 0 Å². The van der Waals surface area contributed by atoms with Crippen LogP contribution in [0.1, 0.15) is 35.1 Å². The van der Waals surface area contributed by atoms with E-state index in [9.17, 15) is 9.59 Å². The first-order valence-electron chi connectivity index (χ1n) is 6.78. The number of hydrogen-bond acceptors (Lipinski definition) is 5. The number of nitrogens with one attached hydrogen (secondary N) is 2. The molecule has 0 unspecified atom stereocenters. The molecule has 0 atom stereocenters. The van der Waals surface area contributed by atoms with Crippen LogP contribution >= 0.6 is 22.9 Å². The van der Waals surface area contributed by atoms with E-state index >= 15 is 0 Å². The quantitative estimate of drug-likeness (QED) is 0.874. The molecule has 1 aromatic heterocycles. The Bertz CT molecular complexity index is 674. The van der Waals surface area contributed by atoms with Crippen molar-refractivity contribution in [2.45, 2.75) is 26.2 Å². The van der Waals surface area contributed by atoms with E-state index in [1.54, 1.807) is 18.2 Å². The van der Waals surface area contributed by atoms with Crippen molar-refractivity contribution in [3.63, 3.8) is 0 Å². The van der Waals surface area contributed by atoms with Crippen molar-refractivity contribution in [3.8, 4) is 0 Å². The Hall–Kier alpha value is -1.99. The van der Waals surface area contributed by atoms with E-state index in [4.69, 9.17) is 11.6 Å². The predicted molar refractivity (Wildman–Crippen MR) is 86.5 cm³/mol. The molecule has 8 heteroatoms. The number of rotatable bonds is 5. The molecule has 0 aliphatic heterocycles. The van der Waals surface area contributed by atoms with Gasteiger partial charge in [0.25, 0.3) is 5.91 Å². The number of benzene rings is 1. The molecule has 2 N–H and O–H groups in total. The number of nitrogens with zero attached hydrogens (tertiary/aromatic N) is 2. The average molecular weight is 339 g/mol. The van der Waals surface area contributed by atoms with Crippen LogP contribution in [0.15, 0.2) is 24.3 Å². The molecule has 22 heavy (non-hydrogen) atoms. The topological polar surface area (TPSA) is 84.0 Å². The Balaban J connectivity index is 1.89. The van der Waals surface area contributed by atoms with E-state index < -0.39 is 11.9 Å². The Morgan fingerprint density at radius 3 is 2.86 bits per heavy atom. The fourth-order valence-corrected chi connectivity index (χ4v) is 2.63. The highest BCUT2D eigenvalue weighted by atomic mass is 35.5. The number of imide groups is 1.